The highest BCUT2D eigenvalue weighted by molar-refractivity contribution is 5.72. The molecule has 0 radical (unpaired) electrons. The Bertz CT molecular complexity index is 507. The molecule has 2 heterocycles. The van der Waals surface area contributed by atoms with Crippen LogP contribution in [0.1, 0.15) is 45.4 Å². The van der Waals surface area contributed by atoms with Gasteiger partial charge >= 0.3 is 5.97 Å². The van der Waals surface area contributed by atoms with Crippen LogP contribution in [0.15, 0.2) is 24.4 Å². The molecule has 1 aromatic rings. The predicted molar refractivity (Wildman–Crippen MR) is 95.0 cm³/mol. The first-order valence-corrected chi connectivity index (χ1v) is 9.35. The third-order valence-corrected chi connectivity index (χ3v) is 5.29. The van der Waals surface area contributed by atoms with Gasteiger partial charge < -0.3 is 15.0 Å². The Morgan fingerprint density at radius 3 is 2.50 bits per heavy atom. The van der Waals surface area contributed by atoms with Crippen molar-refractivity contribution in [3.8, 4) is 0 Å². The van der Waals surface area contributed by atoms with Crippen molar-refractivity contribution >= 4 is 11.8 Å². The number of hydrogen-bond donors (Lipinski definition) is 1. The highest BCUT2D eigenvalue weighted by Gasteiger charge is 2.29. The van der Waals surface area contributed by atoms with E-state index in [1.54, 1.807) is 0 Å². The summed E-state index contributed by atoms with van der Waals surface area (Å²) in [4.78, 5) is 18.6. The fraction of sp³-hybridized carbons (Fsp3) is 0.684. The molecule has 0 spiro atoms. The maximum Gasteiger partial charge on any atom is 0.308 e. The van der Waals surface area contributed by atoms with Crippen LogP contribution in [-0.4, -0.2) is 42.7 Å². The lowest BCUT2D eigenvalue weighted by atomic mass is 9.85. The molecule has 0 bridgehead atoms. The number of esters is 1. The van der Waals surface area contributed by atoms with Gasteiger partial charge in [0.1, 0.15) is 5.82 Å². The quantitative estimate of drug-likeness (QED) is 0.841. The molecule has 0 aromatic carbocycles. The Kier molecular flexibility index (Phi) is 6.07. The minimum absolute atomic E-state index is 0.000353. The zero-order valence-electron chi connectivity index (χ0n) is 14.6. The molecule has 1 aliphatic carbocycles. The van der Waals surface area contributed by atoms with Gasteiger partial charge in [0.2, 0.25) is 0 Å². The lowest BCUT2D eigenvalue weighted by molar-refractivity contribution is -0.149. The number of carbonyl (C=O) groups is 1. The molecule has 5 heteroatoms. The van der Waals surface area contributed by atoms with Gasteiger partial charge in [-0.2, -0.15) is 0 Å². The zero-order chi connectivity index (χ0) is 16.8. The van der Waals surface area contributed by atoms with Crippen LogP contribution in [0.3, 0.4) is 0 Å². The van der Waals surface area contributed by atoms with Crippen LogP contribution >= 0.6 is 0 Å². The molecular formula is C19H29N3O2. The molecule has 0 amide bonds. The fourth-order valence-electron chi connectivity index (χ4n) is 3.91. The summed E-state index contributed by atoms with van der Waals surface area (Å²) in [6.45, 7) is 4.49. The molecule has 1 aliphatic heterocycles. The van der Waals surface area contributed by atoms with E-state index in [2.05, 4.69) is 27.3 Å². The number of aromatic nitrogens is 1. The zero-order valence-corrected chi connectivity index (χ0v) is 14.6. The number of carbonyl (C=O) groups excluding carboxylic acids is 1. The summed E-state index contributed by atoms with van der Waals surface area (Å²) in [7, 11) is 0. The van der Waals surface area contributed by atoms with Gasteiger partial charge in [-0.3, -0.25) is 4.79 Å². The van der Waals surface area contributed by atoms with E-state index in [4.69, 9.17) is 4.74 Å². The second kappa shape index (κ2) is 8.47. The fourth-order valence-corrected chi connectivity index (χ4v) is 3.91. The SMILES string of the molecule is CCOC(=O)C1CCC(NC2CCN(c3ccccn3)CC2)CC1. The van der Waals surface area contributed by atoms with Crippen molar-refractivity contribution in [2.45, 2.75) is 57.5 Å². The van der Waals surface area contributed by atoms with Gasteiger partial charge in [0.25, 0.3) is 0 Å². The molecule has 2 aliphatic rings. The molecule has 1 saturated heterocycles. The van der Waals surface area contributed by atoms with E-state index < -0.39 is 0 Å². The van der Waals surface area contributed by atoms with E-state index >= 15 is 0 Å². The van der Waals surface area contributed by atoms with Crippen LogP contribution in [0, 0.1) is 5.92 Å². The number of rotatable bonds is 5. The average molecular weight is 331 g/mol. The normalized spacial score (nSPS) is 25.5. The number of piperidine rings is 1. The van der Waals surface area contributed by atoms with Crippen LogP contribution in [-0.2, 0) is 9.53 Å². The van der Waals surface area contributed by atoms with E-state index in [1.165, 1.54) is 0 Å². The standard InChI is InChI=1S/C19H29N3O2/c1-2-24-19(23)15-6-8-16(9-7-15)21-17-10-13-22(14-11-17)18-5-3-4-12-20-18/h3-5,12,15-17,21H,2,6-11,13-14H2,1H3. The Hall–Kier alpha value is -1.62. The number of anilines is 1. The first-order chi connectivity index (χ1) is 11.8. The summed E-state index contributed by atoms with van der Waals surface area (Å²) in [5.41, 5.74) is 0. The summed E-state index contributed by atoms with van der Waals surface area (Å²) in [5, 5.41) is 3.82. The predicted octanol–water partition coefficient (Wildman–Crippen LogP) is 2.76. The summed E-state index contributed by atoms with van der Waals surface area (Å²) in [6.07, 6.45) is 8.28. The third kappa shape index (κ3) is 4.47. The minimum atomic E-state index is -0.000353. The van der Waals surface area contributed by atoms with Crippen molar-refractivity contribution in [3.63, 3.8) is 0 Å². The molecule has 1 aromatic heterocycles. The van der Waals surface area contributed by atoms with Crippen LogP contribution in [0.25, 0.3) is 0 Å². The van der Waals surface area contributed by atoms with Gasteiger partial charge in [-0.05, 0) is 57.6 Å². The van der Waals surface area contributed by atoms with Gasteiger partial charge in [0.05, 0.1) is 12.5 Å². The molecule has 1 N–H and O–H groups in total. The smallest absolute Gasteiger partial charge is 0.308 e. The van der Waals surface area contributed by atoms with Gasteiger partial charge in [0, 0.05) is 31.4 Å². The topological polar surface area (TPSA) is 54.5 Å². The molecule has 132 valence electrons. The highest BCUT2D eigenvalue weighted by Crippen LogP contribution is 2.27. The van der Waals surface area contributed by atoms with Crippen molar-refractivity contribution in [2.75, 3.05) is 24.6 Å². The summed E-state index contributed by atoms with van der Waals surface area (Å²) in [6, 6.07) is 7.25. The van der Waals surface area contributed by atoms with E-state index in [9.17, 15) is 4.79 Å². The van der Waals surface area contributed by atoms with Crippen molar-refractivity contribution in [1.82, 2.24) is 10.3 Å². The van der Waals surface area contributed by atoms with Crippen molar-refractivity contribution in [1.29, 1.82) is 0 Å². The van der Waals surface area contributed by atoms with E-state index in [1.807, 2.05) is 19.2 Å². The van der Waals surface area contributed by atoms with Crippen LogP contribution in [0.2, 0.25) is 0 Å². The van der Waals surface area contributed by atoms with Crippen molar-refractivity contribution < 1.29 is 9.53 Å². The molecular weight excluding hydrogens is 302 g/mol. The van der Waals surface area contributed by atoms with Gasteiger partial charge in [-0.15, -0.1) is 0 Å². The number of ether oxygens (including phenoxy) is 1. The molecule has 5 nitrogen and oxygen atoms in total. The summed E-state index contributed by atoms with van der Waals surface area (Å²) in [5.74, 6) is 1.21. The lowest BCUT2D eigenvalue weighted by Gasteiger charge is -2.37. The van der Waals surface area contributed by atoms with Crippen LogP contribution < -0.4 is 10.2 Å². The first kappa shape index (κ1) is 17.2. The molecule has 24 heavy (non-hydrogen) atoms. The number of nitrogens with one attached hydrogen (secondary N) is 1. The maximum atomic E-state index is 11.8. The summed E-state index contributed by atoms with van der Waals surface area (Å²) < 4.78 is 5.15. The molecule has 0 unspecified atom stereocenters. The van der Waals surface area contributed by atoms with Gasteiger partial charge in [0.15, 0.2) is 0 Å². The second-order valence-corrected chi connectivity index (χ2v) is 6.92. The third-order valence-electron chi connectivity index (χ3n) is 5.29. The van der Waals surface area contributed by atoms with Crippen LogP contribution in [0.4, 0.5) is 5.82 Å². The Balaban J connectivity index is 1.39. The average Bonchev–Trinajstić information content (AvgIpc) is 2.64. The van der Waals surface area contributed by atoms with Crippen molar-refractivity contribution in [2.24, 2.45) is 5.92 Å². The Morgan fingerprint density at radius 1 is 1.17 bits per heavy atom. The molecule has 1 saturated carbocycles. The van der Waals surface area contributed by atoms with Gasteiger partial charge in [-0.25, -0.2) is 4.98 Å². The van der Waals surface area contributed by atoms with E-state index in [0.29, 0.717) is 18.7 Å². The lowest BCUT2D eigenvalue weighted by Crippen LogP contribution is -2.47. The Labute approximate surface area is 144 Å². The van der Waals surface area contributed by atoms with Gasteiger partial charge in [-0.1, -0.05) is 6.07 Å². The first-order valence-electron chi connectivity index (χ1n) is 9.35. The molecule has 3 rings (SSSR count). The van der Waals surface area contributed by atoms with E-state index in [0.717, 1.165) is 57.4 Å². The van der Waals surface area contributed by atoms with E-state index in [-0.39, 0.29) is 11.9 Å². The molecule has 2 fully saturated rings. The highest BCUT2D eigenvalue weighted by atomic mass is 16.5. The Morgan fingerprint density at radius 2 is 1.88 bits per heavy atom. The van der Waals surface area contributed by atoms with Crippen LogP contribution in [0.5, 0.6) is 0 Å². The minimum Gasteiger partial charge on any atom is -0.466 e. The second-order valence-electron chi connectivity index (χ2n) is 6.92. The number of hydrogen-bond acceptors (Lipinski definition) is 5. The largest absolute Gasteiger partial charge is 0.466 e. The molecule has 0 atom stereocenters. The number of nitrogens with zero attached hydrogens (tertiary/aromatic N) is 2. The summed E-state index contributed by atoms with van der Waals surface area (Å²) >= 11 is 0. The van der Waals surface area contributed by atoms with Crippen molar-refractivity contribution in [3.05, 3.63) is 24.4 Å². The maximum absolute atomic E-state index is 11.8. The number of pyridine rings is 1. The monoisotopic (exact) mass is 331 g/mol.